The molecule has 32 heavy (non-hydrogen) atoms. The van der Waals surface area contributed by atoms with Crippen molar-refractivity contribution in [3.05, 3.63) is 80.7 Å². The van der Waals surface area contributed by atoms with Crippen molar-refractivity contribution < 1.29 is 13.2 Å². The van der Waals surface area contributed by atoms with Gasteiger partial charge in [-0.3, -0.25) is 0 Å². The van der Waals surface area contributed by atoms with Gasteiger partial charge in [-0.1, -0.05) is 47.1 Å². The Morgan fingerprint density at radius 1 is 1.12 bits per heavy atom. The van der Waals surface area contributed by atoms with Crippen LogP contribution in [0.15, 0.2) is 69.3 Å². The molecule has 0 bridgehead atoms. The van der Waals surface area contributed by atoms with E-state index in [0.29, 0.717) is 33.6 Å². The molecule has 0 saturated heterocycles. The van der Waals surface area contributed by atoms with Crippen molar-refractivity contribution >= 4 is 62.3 Å². The van der Waals surface area contributed by atoms with Gasteiger partial charge in [0.25, 0.3) is 0 Å². The lowest BCUT2D eigenvalue weighted by Gasteiger charge is -2.21. The van der Waals surface area contributed by atoms with E-state index in [1.807, 2.05) is 24.3 Å². The number of halogens is 2. The van der Waals surface area contributed by atoms with E-state index in [1.165, 1.54) is 11.8 Å². The average Bonchev–Trinajstić information content (AvgIpc) is 2.76. The molecule has 1 aliphatic heterocycles. The summed E-state index contributed by atoms with van der Waals surface area (Å²) in [7, 11) is -2.06. The molecule has 166 valence electrons. The van der Waals surface area contributed by atoms with Gasteiger partial charge in [-0.15, -0.1) is 0 Å². The summed E-state index contributed by atoms with van der Waals surface area (Å²) < 4.78 is 31.4. The molecule has 0 saturated carbocycles. The van der Waals surface area contributed by atoms with Gasteiger partial charge in [0, 0.05) is 37.6 Å². The van der Waals surface area contributed by atoms with Crippen LogP contribution < -0.4 is 15.8 Å². The Morgan fingerprint density at radius 2 is 1.88 bits per heavy atom. The molecule has 4 rings (SSSR count). The van der Waals surface area contributed by atoms with Gasteiger partial charge in [0.15, 0.2) is 9.84 Å². The minimum absolute atomic E-state index is 0.219. The maximum Gasteiger partial charge on any atom is 0.182 e. The molecule has 3 N–H and O–H groups in total. The molecule has 3 aromatic carbocycles. The molecule has 5 nitrogen and oxygen atoms in total. The van der Waals surface area contributed by atoms with E-state index in [0.717, 1.165) is 21.1 Å². The standard InChI is InChI=1S/C23H20Cl2N2O3S2/c1-30-22-8-5-14(10-20(22)26)9-15-12-27-21-7-6-16(11-23(21)31-15)32(28,29)13-17-18(24)3-2-4-19(17)25/h2-11,27H,12-13,26H2,1H3. The van der Waals surface area contributed by atoms with Crippen molar-refractivity contribution in [1.82, 2.24) is 0 Å². The zero-order valence-corrected chi connectivity index (χ0v) is 20.2. The van der Waals surface area contributed by atoms with E-state index in [2.05, 4.69) is 5.32 Å². The van der Waals surface area contributed by atoms with E-state index in [1.54, 1.807) is 43.5 Å². The fourth-order valence-electron chi connectivity index (χ4n) is 3.34. The molecule has 0 fully saturated rings. The molecule has 1 heterocycles. The van der Waals surface area contributed by atoms with Crippen molar-refractivity contribution in [2.24, 2.45) is 0 Å². The maximum atomic E-state index is 13.1. The normalized spacial score (nSPS) is 14.7. The highest BCUT2D eigenvalue weighted by Gasteiger charge is 2.22. The Morgan fingerprint density at radius 3 is 2.56 bits per heavy atom. The van der Waals surface area contributed by atoms with Crippen molar-refractivity contribution in [1.29, 1.82) is 0 Å². The minimum atomic E-state index is -3.64. The lowest BCUT2D eigenvalue weighted by atomic mass is 10.1. The molecule has 1 aliphatic rings. The number of hydrogen-bond donors (Lipinski definition) is 2. The predicted molar refractivity (Wildman–Crippen MR) is 134 cm³/mol. The highest BCUT2D eigenvalue weighted by atomic mass is 35.5. The Kier molecular flexibility index (Phi) is 6.62. The third kappa shape index (κ3) is 4.86. The second-order valence-electron chi connectivity index (χ2n) is 7.18. The summed E-state index contributed by atoms with van der Waals surface area (Å²) in [6.45, 7) is 0.630. The van der Waals surface area contributed by atoms with Crippen LogP contribution in [0.4, 0.5) is 11.4 Å². The highest BCUT2D eigenvalue weighted by Crippen LogP contribution is 2.40. The number of hydrogen-bond acceptors (Lipinski definition) is 6. The van der Waals surface area contributed by atoms with Crippen LogP contribution in [0.5, 0.6) is 5.75 Å². The number of nitrogen functional groups attached to an aromatic ring is 1. The third-order valence-corrected chi connectivity index (χ3v) is 8.41. The predicted octanol–water partition coefficient (Wildman–Crippen LogP) is 6.12. The zero-order chi connectivity index (χ0) is 22.9. The van der Waals surface area contributed by atoms with Crippen molar-refractivity contribution in [3.8, 4) is 5.75 Å². The van der Waals surface area contributed by atoms with E-state index >= 15 is 0 Å². The van der Waals surface area contributed by atoms with Gasteiger partial charge in [-0.25, -0.2) is 8.42 Å². The summed E-state index contributed by atoms with van der Waals surface area (Å²) >= 11 is 13.9. The summed E-state index contributed by atoms with van der Waals surface area (Å²) in [5.74, 6) is 0.358. The largest absolute Gasteiger partial charge is 0.495 e. The Bertz CT molecular complexity index is 1300. The lowest BCUT2D eigenvalue weighted by molar-refractivity contribution is 0.417. The van der Waals surface area contributed by atoms with Crippen LogP contribution in [0.3, 0.4) is 0 Å². The number of sulfone groups is 1. The zero-order valence-electron chi connectivity index (χ0n) is 17.1. The van der Waals surface area contributed by atoms with Crippen LogP contribution in [0, 0.1) is 0 Å². The molecule has 0 unspecified atom stereocenters. The first-order valence-electron chi connectivity index (χ1n) is 9.62. The van der Waals surface area contributed by atoms with E-state index in [9.17, 15) is 8.42 Å². The van der Waals surface area contributed by atoms with Crippen LogP contribution >= 0.6 is 35.0 Å². The van der Waals surface area contributed by atoms with E-state index in [4.69, 9.17) is 33.7 Å². The number of methoxy groups -OCH3 is 1. The highest BCUT2D eigenvalue weighted by molar-refractivity contribution is 8.03. The van der Waals surface area contributed by atoms with Crippen LogP contribution in [0.25, 0.3) is 6.08 Å². The van der Waals surface area contributed by atoms with Gasteiger partial charge >= 0.3 is 0 Å². The molecule has 3 aromatic rings. The Hall–Kier alpha value is -2.32. The lowest BCUT2D eigenvalue weighted by Crippen LogP contribution is -2.11. The number of nitrogens with one attached hydrogen (secondary N) is 1. The minimum Gasteiger partial charge on any atom is -0.495 e. The SMILES string of the molecule is COc1ccc(C=C2CNc3ccc(S(=O)(=O)Cc4c(Cl)cccc4Cl)cc3S2)cc1N. The van der Waals surface area contributed by atoms with Gasteiger partial charge in [0.1, 0.15) is 5.75 Å². The summed E-state index contributed by atoms with van der Waals surface area (Å²) in [5, 5.41) is 4.00. The van der Waals surface area contributed by atoms with Crippen molar-refractivity contribution in [3.63, 3.8) is 0 Å². The number of thioether (sulfide) groups is 1. The fourth-order valence-corrected chi connectivity index (χ4v) is 6.59. The smallest absolute Gasteiger partial charge is 0.182 e. The quantitative estimate of drug-likeness (QED) is 0.405. The Balaban J connectivity index is 1.60. The molecular weight excluding hydrogens is 487 g/mol. The van der Waals surface area contributed by atoms with Gasteiger partial charge in [0.05, 0.1) is 23.4 Å². The summed E-state index contributed by atoms with van der Waals surface area (Å²) in [6.07, 6.45) is 2.01. The first-order chi connectivity index (χ1) is 15.3. The summed E-state index contributed by atoms with van der Waals surface area (Å²) in [5.41, 5.74) is 8.79. The summed E-state index contributed by atoms with van der Waals surface area (Å²) in [6, 6.07) is 15.6. The number of rotatable bonds is 5. The van der Waals surface area contributed by atoms with Crippen molar-refractivity contribution in [2.45, 2.75) is 15.5 Å². The van der Waals surface area contributed by atoms with Crippen molar-refractivity contribution in [2.75, 3.05) is 24.7 Å². The molecule has 0 aromatic heterocycles. The van der Waals surface area contributed by atoms with Gasteiger partial charge in [-0.2, -0.15) is 0 Å². The molecule has 0 aliphatic carbocycles. The number of ether oxygens (including phenoxy) is 1. The van der Waals surface area contributed by atoms with Crippen LogP contribution in [0.2, 0.25) is 10.0 Å². The van der Waals surface area contributed by atoms with E-state index in [-0.39, 0.29) is 10.6 Å². The molecule has 0 radical (unpaired) electrons. The fraction of sp³-hybridized carbons (Fsp3) is 0.130. The van der Waals surface area contributed by atoms with Crippen LogP contribution in [-0.4, -0.2) is 22.1 Å². The summed E-state index contributed by atoms with van der Waals surface area (Å²) in [4.78, 5) is 2.08. The second kappa shape index (κ2) is 9.27. The average molecular weight is 507 g/mol. The third-order valence-electron chi connectivity index (χ3n) is 4.98. The Labute approximate surface area is 201 Å². The number of benzene rings is 3. The number of fused-ring (bicyclic) bond motifs is 1. The molecule has 0 atom stereocenters. The topological polar surface area (TPSA) is 81.4 Å². The monoisotopic (exact) mass is 506 g/mol. The van der Waals surface area contributed by atoms with Gasteiger partial charge in [0.2, 0.25) is 0 Å². The van der Waals surface area contributed by atoms with Gasteiger partial charge in [-0.05, 0) is 54.1 Å². The molecule has 9 heteroatoms. The van der Waals surface area contributed by atoms with Crippen LogP contribution in [-0.2, 0) is 15.6 Å². The van der Waals surface area contributed by atoms with E-state index < -0.39 is 9.84 Å². The first-order valence-corrected chi connectivity index (χ1v) is 12.8. The molecular formula is C23H20Cl2N2O3S2. The number of nitrogens with two attached hydrogens (primary N) is 1. The molecule has 0 spiro atoms. The van der Waals surface area contributed by atoms with Crippen LogP contribution in [0.1, 0.15) is 11.1 Å². The second-order valence-corrected chi connectivity index (χ2v) is 11.2. The molecule has 0 amide bonds. The number of anilines is 2. The van der Waals surface area contributed by atoms with Gasteiger partial charge < -0.3 is 15.8 Å². The first kappa shape index (κ1) is 22.9. The maximum absolute atomic E-state index is 13.1.